The molecule has 2 aliphatic heterocycles. The van der Waals surface area contributed by atoms with Crippen LogP contribution in [0.1, 0.15) is 38.5 Å². The van der Waals surface area contributed by atoms with E-state index in [9.17, 15) is 0 Å². The Morgan fingerprint density at radius 2 is 1.39 bits per heavy atom. The molecule has 0 spiro atoms. The van der Waals surface area contributed by atoms with Gasteiger partial charge in [-0.05, 0) is 38.5 Å². The summed E-state index contributed by atoms with van der Waals surface area (Å²) in [6.07, 6.45) is 12.9. The summed E-state index contributed by atoms with van der Waals surface area (Å²) in [6, 6.07) is 0. The van der Waals surface area contributed by atoms with E-state index in [1.807, 2.05) is 0 Å². The van der Waals surface area contributed by atoms with Crippen molar-refractivity contribution in [2.75, 3.05) is 40.3 Å². The van der Waals surface area contributed by atoms with Crippen molar-refractivity contribution in [3.63, 3.8) is 0 Å². The van der Waals surface area contributed by atoms with Crippen LogP contribution < -0.4 is 0 Å². The highest BCUT2D eigenvalue weighted by molar-refractivity contribution is 5.73. The SMILES string of the molecule is C[N+](C)=C/C(=C/N1CCCCC1)N1CCCCC1. The molecule has 0 unspecified atom stereocenters. The molecule has 0 atom stereocenters. The first-order valence-electron chi connectivity index (χ1n) is 7.48. The highest BCUT2D eigenvalue weighted by Crippen LogP contribution is 2.16. The summed E-state index contributed by atoms with van der Waals surface area (Å²) in [7, 11) is 4.24. The Bertz CT molecular complexity index is 304. The fourth-order valence-corrected chi connectivity index (χ4v) is 2.85. The maximum atomic E-state index is 2.55. The largest absolute Gasteiger partial charge is 0.376 e. The predicted octanol–water partition coefficient (Wildman–Crippen LogP) is 2.14. The fraction of sp³-hybridized carbons (Fsp3) is 0.800. The van der Waals surface area contributed by atoms with Gasteiger partial charge in [0.05, 0.1) is 0 Å². The van der Waals surface area contributed by atoms with E-state index in [2.05, 4.69) is 40.9 Å². The molecule has 102 valence electrons. The van der Waals surface area contributed by atoms with Crippen LogP contribution in [0.4, 0.5) is 0 Å². The molecule has 0 N–H and O–H groups in total. The molecule has 2 aliphatic rings. The lowest BCUT2D eigenvalue weighted by molar-refractivity contribution is -0.459. The lowest BCUT2D eigenvalue weighted by atomic mass is 10.1. The lowest BCUT2D eigenvalue weighted by Gasteiger charge is -2.31. The minimum absolute atomic E-state index is 1.23. The van der Waals surface area contributed by atoms with Crippen LogP contribution in [0.2, 0.25) is 0 Å². The molecular formula is C15H28N3+. The molecule has 18 heavy (non-hydrogen) atoms. The molecule has 2 fully saturated rings. The second kappa shape index (κ2) is 6.81. The highest BCUT2D eigenvalue weighted by atomic mass is 15.2. The summed E-state index contributed by atoms with van der Waals surface area (Å²) in [5.74, 6) is 0. The van der Waals surface area contributed by atoms with Crippen molar-refractivity contribution in [1.82, 2.24) is 9.80 Å². The van der Waals surface area contributed by atoms with Gasteiger partial charge in [0.15, 0.2) is 6.21 Å². The molecule has 0 bridgehead atoms. The van der Waals surface area contributed by atoms with Crippen molar-refractivity contribution in [3.8, 4) is 0 Å². The lowest BCUT2D eigenvalue weighted by Crippen LogP contribution is -2.33. The minimum atomic E-state index is 1.23. The third kappa shape index (κ3) is 4.04. The van der Waals surface area contributed by atoms with Crippen LogP contribution in [0.5, 0.6) is 0 Å². The molecule has 2 rings (SSSR count). The average Bonchev–Trinajstić information content (AvgIpc) is 2.40. The van der Waals surface area contributed by atoms with E-state index >= 15 is 0 Å². The van der Waals surface area contributed by atoms with Gasteiger partial charge in [-0.1, -0.05) is 0 Å². The van der Waals surface area contributed by atoms with Crippen LogP contribution in [-0.2, 0) is 0 Å². The van der Waals surface area contributed by atoms with Gasteiger partial charge in [-0.25, -0.2) is 4.58 Å². The predicted molar refractivity (Wildman–Crippen MR) is 77.1 cm³/mol. The smallest absolute Gasteiger partial charge is 0.188 e. The molecule has 0 saturated carbocycles. The van der Waals surface area contributed by atoms with E-state index < -0.39 is 0 Å². The minimum Gasteiger partial charge on any atom is -0.376 e. The zero-order valence-corrected chi connectivity index (χ0v) is 12.1. The zero-order valence-electron chi connectivity index (χ0n) is 12.1. The van der Waals surface area contributed by atoms with E-state index in [1.165, 1.54) is 70.4 Å². The first-order chi connectivity index (χ1) is 8.75. The Morgan fingerprint density at radius 3 is 1.94 bits per heavy atom. The first-order valence-corrected chi connectivity index (χ1v) is 7.48. The van der Waals surface area contributed by atoms with E-state index in [0.29, 0.717) is 0 Å². The van der Waals surface area contributed by atoms with Crippen molar-refractivity contribution in [3.05, 3.63) is 11.9 Å². The molecule has 0 aromatic rings. The maximum Gasteiger partial charge on any atom is 0.188 e. The Morgan fingerprint density at radius 1 is 0.833 bits per heavy atom. The molecule has 0 radical (unpaired) electrons. The molecule has 0 aliphatic carbocycles. The van der Waals surface area contributed by atoms with Gasteiger partial charge in [-0.3, -0.25) is 0 Å². The summed E-state index contributed by atoms with van der Waals surface area (Å²) in [4.78, 5) is 5.06. The van der Waals surface area contributed by atoms with Gasteiger partial charge in [0.25, 0.3) is 0 Å². The summed E-state index contributed by atoms with van der Waals surface area (Å²) in [6.45, 7) is 4.92. The van der Waals surface area contributed by atoms with Gasteiger partial charge in [-0.2, -0.15) is 0 Å². The molecule has 2 heterocycles. The standard InChI is InChI=1S/C15H28N3/c1-16(2)13-15(18-11-7-4-8-12-18)14-17-9-5-3-6-10-17/h13-14H,3-12H2,1-2H3/q+1. The van der Waals surface area contributed by atoms with Gasteiger partial charge in [0.2, 0.25) is 0 Å². The third-order valence-corrected chi connectivity index (χ3v) is 3.82. The van der Waals surface area contributed by atoms with Crippen LogP contribution in [0, 0.1) is 0 Å². The Kier molecular flexibility index (Phi) is 5.09. The monoisotopic (exact) mass is 250 g/mol. The van der Waals surface area contributed by atoms with Crippen LogP contribution in [0.25, 0.3) is 0 Å². The summed E-state index contributed by atoms with van der Waals surface area (Å²) in [5.41, 5.74) is 1.40. The van der Waals surface area contributed by atoms with Gasteiger partial charge >= 0.3 is 0 Å². The first kappa shape index (κ1) is 13.4. The number of piperidine rings is 2. The van der Waals surface area contributed by atoms with Gasteiger partial charge in [0, 0.05) is 32.4 Å². The Labute approximate surface area is 112 Å². The van der Waals surface area contributed by atoms with Crippen LogP contribution in [0.3, 0.4) is 0 Å². The van der Waals surface area contributed by atoms with Gasteiger partial charge in [0.1, 0.15) is 19.8 Å². The summed E-state index contributed by atoms with van der Waals surface area (Å²) < 4.78 is 2.17. The van der Waals surface area contributed by atoms with Crippen LogP contribution in [0.15, 0.2) is 11.9 Å². The Balaban J connectivity index is 2.07. The second-order valence-corrected chi connectivity index (χ2v) is 5.79. The van der Waals surface area contributed by atoms with Crippen molar-refractivity contribution in [2.45, 2.75) is 38.5 Å². The van der Waals surface area contributed by atoms with E-state index in [-0.39, 0.29) is 0 Å². The highest BCUT2D eigenvalue weighted by Gasteiger charge is 2.16. The summed E-state index contributed by atoms with van der Waals surface area (Å²) in [5, 5.41) is 0. The van der Waals surface area contributed by atoms with Gasteiger partial charge < -0.3 is 9.80 Å². The quantitative estimate of drug-likeness (QED) is 0.561. The number of hydrogen-bond acceptors (Lipinski definition) is 2. The number of rotatable bonds is 3. The average molecular weight is 250 g/mol. The van der Waals surface area contributed by atoms with E-state index in [0.717, 1.165) is 0 Å². The number of allylic oxidation sites excluding steroid dienone is 1. The van der Waals surface area contributed by atoms with Crippen molar-refractivity contribution in [1.29, 1.82) is 0 Å². The molecule has 3 nitrogen and oxygen atoms in total. The normalized spacial score (nSPS) is 22.0. The number of nitrogens with zero attached hydrogens (tertiary/aromatic N) is 3. The summed E-state index contributed by atoms with van der Waals surface area (Å²) >= 11 is 0. The van der Waals surface area contributed by atoms with Crippen LogP contribution >= 0.6 is 0 Å². The van der Waals surface area contributed by atoms with Crippen molar-refractivity contribution in [2.24, 2.45) is 0 Å². The van der Waals surface area contributed by atoms with Crippen LogP contribution in [-0.4, -0.2) is 60.9 Å². The number of hydrogen-bond donors (Lipinski definition) is 0. The van der Waals surface area contributed by atoms with Crippen molar-refractivity contribution >= 4 is 6.21 Å². The zero-order chi connectivity index (χ0) is 12.8. The molecule has 0 aromatic carbocycles. The van der Waals surface area contributed by atoms with E-state index in [1.54, 1.807) is 0 Å². The Hall–Kier alpha value is -0.990. The molecule has 3 heteroatoms. The van der Waals surface area contributed by atoms with Gasteiger partial charge in [-0.15, -0.1) is 0 Å². The fourth-order valence-electron chi connectivity index (χ4n) is 2.85. The second-order valence-electron chi connectivity index (χ2n) is 5.79. The molecule has 0 amide bonds. The van der Waals surface area contributed by atoms with Crippen molar-refractivity contribution < 1.29 is 4.58 Å². The number of likely N-dealkylation sites (tertiary alicyclic amines) is 2. The maximum absolute atomic E-state index is 2.55. The third-order valence-electron chi connectivity index (χ3n) is 3.82. The molecule has 2 saturated heterocycles. The topological polar surface area (TPSA) is 9.49 Å². The molecule has 0 aromatic heterocycles. The van der Waals surface area contributed by atoms with E-state index in [4.69, 9.17) is 0 Å². The molecular weight excluding hydrogens is 222 g/mol.